The maximum absolute atomic E-state index is 12.2. The highest BCUT2D eigenvalue weighted by Crippen LogP contribution is 2.26. The summed E-state index contributed by atoms with van der Waals surface area (Å²) in [5, 5.41) is 21.6. The molecule has 0 saturated carbocycles. The fourth-order valence-corrected chi connectivity index (χ4v) is 4.03. The lowest BCUT2D eigenvalue weighted by molar-refractivity contribution is -0.384. The number of nitrogens with zero attached hydrogens (tertiary/aromatic N) is 3. The van der Waals surface area contributed by atoms with Crippen LogP contribution in [0.1, 0.15) is 11.3 Å². The molecule has 9 nitrogen and oxygen atoms in total. The fourth-order valence-electron chi connectivity index (χ4n) is 3.07. The van der Waals surface area contributed by atoms with Gasteiger partial charge in [0.2, 0.25) is 5.91 Å². The van der Waals surface area contributed by atoms with E-state index < -0.39 is 10.2 Å². The van der Waals surface area contributed by atoms with Crippen LogP contribution in [0.25, 0.3) is 11.3 Å². The Labute approximate surface area is 187 Å². The van der Waals surface area contributed by atoms with Gasteiger partial charge in [-0.1, -0.05) is 23.9 Å². The molecule has 0 unspecified atom stereocenters. The van der Waals surface area contributed by atoms with Crippen LogP contribution in [0, 0.1) is 10.1 Å². The van der Waals surface area contributed by atoms with Crippen molar-refractivity contribution < 1.29 is 18.9 Å². The van der Waals surface area contributed by atoms with Crippen LogP contribution in [-0.2, 0) is 11.2 Å². The molecule has 1 N–H and O–H groups in total. The molecule has 1 aliphatic rings. The normalized spacial score (nSPS) is 17.1. The van der Waals surface area contributed by atoms with E-state index in [9.17, 15) is 14.9 Å². The second kappa shape index (κ2) is 9.48. The van der Waals surface area contributed by atoms with Gasteiger partial charge in [0.15, 0.2) is 5.17 Å². The molecule has 0 spiro atoms. The Balaban J connectivity index is 1.38. The van der Waals surface area contributed by atoms with Gasteiger partial charge in [0, 0.05) is 17.7 Å². The first-order valence-corrected chi connectivity index (χ1v) is 10.5. The predicted molar refractivity (Wildman–Crippen MR) is 122 cm³/mol. The molecule has 1 saturated heterocycles. The van der Waals surface area contributed by atoms with Crippen molar-refractivity contribution in [2.45, 2.75) is 11.7 Å². The lowest BCUT2D eigenvalue weighted by Gasteiger charge is -2.04. The Morgan fingerprint density at radius 3 is 2.78 bits per heavy atom. The van der Waals surface area contributed by atoms with Gasteiger partial charge in [-0.3, -0.25) is 14.9 Å². The Hall–Kier alpha value is -3.92. The average molecular weight is 450 g/mol. The molecule has 1 aromatic heterocycles. The number of amidine groups is 1. The smallest absolute Gasteiger partial charge is 0.269 e. The van der Waals surface area contributed by atoms with E-state index in [0.29, 0.717) is 28.7 Å². The molecule has 1 amide bonds. The zero-order valence-electron chi connectivity index (χ0n) is 16.9. The summed E-state index contributed by atoms with van der Waals surface area (Å²) >= 11 is 1.23. The summed E-state index contributed by atoms with van der Waals surface area (Å²) in [6.07, 6.45) is 1.81. The minimum absolute atomic E-state index is 0.00291. The summed E-state index contributed by atoms with van der Waals surface area (Å²) in [4.78, 5) is 22.7. The topological polar surface area (TPSA) is 119 Å². The molecule has 1 aliphatic heterocycles. The number of ether oxygens (including phenoxy) is 1. The van der Waals surface area contributed by atoms with Crippen LogP contribution in [0.3, 0.4) is 0 Å². The number of rotatable bonds is 7. The average Bonchev–Trinajstić information content (AvgIpc) is 3.41. The predicted octanol–water partition coefficient (Wildman–Crippen LogP) is 4.03. The molecule has 0 aliphatic carbocycles. The zero-order chi connectivity index (χ0) is 22.5. The van der Waals surface area contributed by atoms with Crippen molar-refractivity contribution in [3.05, 3.63) is 82.1 Å². The van der Waals surface area contributed by atoms with Crippen LogP contribution in [0.5, 0.6) is 5.75 Å². The second-order valence-electron chi connectivity index (χ2n) is 6.81. The number of methoxy groups -OCH3 is 1. The SMILES string of the molecule is COc1ccc(-c2ccc(C=NN=C3NC(=O)[C@@H](Cc4cccc([N+](=O)[O-])c4)S3)o2)cc1. The summed E-state index contributed by atoms with van der Waals surface area (Å²) in [7, 11) is 1.61. The number of amides is 1. The van der Waals surface area contributed by atoms with Gasteiger partial charge >= 0.3 is 0 Å². The van der Waals surface area contributed by atoms with E-state index in [-0.39, 0.29) is 11.6 Å². The zero-order valence-corrected chi connectivity index (χ0v) is 17.7. The Kier molecular flexibility index (Phi) is 6.31. The molecule has 10 heteroatoms. The molecule has 3 aromatic rings. The van der Waals surface area contributed by atoms with Crippen LogP contribution < -0.4 is 10.1 Å². The molecule has 2 aromatic carbocycles. The van der Waals surface area contributed by atoms with Crippen LogP contribution in [0.15, 0.2) is 75.3 Å². The third-order valence-corrected chi connectivity index (χ3v) is 5.73. The lowest BCUT2D eigenvalue weighted by atomic mass is 10.1. The number of nitro groups is 1. The highest BCUT2D eigenvalue weighted by molar-refractivity contribution is 8.15. The number of carbonyl (C=O) groups excluding carboxylic acids is 1. The summed E-state index contributed by atoms with van der Waals surface area (Å²) in [5.41, 5.74) is 1.61. The van der Waals surface area contributed by atoms with Crippen molar-refractivity contribution in [2.75, 3.05) is 7.11 Å². The number of furan rings is 1. The van der Waals surface area contributed by atoms with Gasteiger partial charge in [-0.2, -0.15) is 5.10 Å². The first kappa shape index (κ1) is 21.3. The molecule has 162 valence electrons. The standard InChI is InChI=1S/C22H18N4O5S/c1-30-17-7-5-15(6-8-17)19-10-9-18(31-19)13-23-25-22-24-21(27)20(32-22)12-14-3-2-4-16(11-14)26(28)29/h2-11,13,20H,12H2,1H3,(H,24,25,27)/t20-/m1/s1. The molecule has 2 heterocycles. The molecule has 1 atom stereocenters. The molecule has 32 heavy (non-hydrogen) atoms. The molecule has 0 bridgehead atoms. The van der Waals surface area contributed by atoms with Gasteiger partial charge in [-0.25, -0.2) is 0 Å². The van der Waals surface area contributed by atoms with Gasteiger partial charge < -0.3 is 14.5 Å². The number of nitrogens with one attached hydrogen (secondary N) is 1. The maximum atomic E-state index is 12.2. The number of thioether (sulfide) groups is 1. The Bertz CT molecular complexity index is 1200. The highest BCUT2D eigenvalue weighted by atomic mass is 32.2. The Morgan fingerprint density at radius 2 is 2.03 bits per heavy atom. The lowest BCUT2D eigenvalue weighted by Crippen LogP contribution is -2.25. The summed E-state index contributed by atoms with van der Waals surface area (Å²) < 4.78 is 10.9. The summed E-state index contributed by atoms with van der Waals surface area (Å²) in [5.74, 6) is 1.75. The van der Waals surface area contributed by atoms with Crippen LogP contribution in [-0.4, -0.2) is 34.6 Å². The first-order valence-electron chi connectivity index (χ1n) is 9.58. The highest BCUT2D eigenvalue weighted by Gasteiger charge is 2.30. The molecule has 4 rings (SSSR count). The quantitative estimate of drug-likeness (QED) is 0.330. The van der Waals surface area contributed by atoms with Gasteiger partial charge in [0.05, 0.1) is 23.5 Å². The number of nitro benzene ring substituents is 1. The van der Waals surface area contributed by atoms with Crippen molar-refractivity contribution in [1.29, 1.82) is 0 Å². The van der Waals surface area contributed by atoms with Crippen LogP contribution >= 0.6 is 11.8 Å². The van der Waals surface area contributed by atoms with E-state index in [1.807, 2.05) is 30.3 Å². The molecular formula is C22H18N4O5S. The summed E-state index contributed by atoms with van der Waals surface area (Å²) in [6, 6.07) is 17.3. The van der Waals surface area contributed by atoms with Crippen LogP contribution in [0.4, 0.5) is 5.69 Å². The number of hydrogen-bond donors (Lipinski definition) is 1. The monoisotopic (exact) mass is 450 g/mol. The third kappa shape index (κ3) is 5.03. The summed E-state index contributed by atoms with van der Waals surface area (Å²) in [6.45, 7) is 0. The largest absolute Gasteiger partial charge is 0.497 e. The minimum Gasteiger partial charge on any atom is -0.497 e. The Morgan fingerprint density at radius 1 is 1.22 bits per heavy atom. The molecular weight excluding hydrogens is 432 g/mol. The van der Waals surface area contributed by atoms with Crippen molar-refractivity contribution in [1.82, 2.24) is 5.32 Å². The van der Waals surface area contributed by atoms with E-state index in [2.05, 4.69) is 15.5 Å². The first-order chi connectivity index (χ1) is 15.5. The van der Waals surface area contributed by atoms with Gasteiger partial charge in [-0.15, -0.1) is 5.10 Å². The second-order valence-corrected chi connectivity index (χ2v) is 8.00. The van der Waals surface area contributed by atoms with Crippen LogP contribution in [0.2, 0.25) is 0 Å². The number of non-ortho nitro benzene ring substituents is 1. The van der Waals surface area contributed by atoms with E-state index in [1.54, 1.807) is 25.3 Å². The minimum atomic E-state index is -0.457. The number of carbonyl (C=O) groups is 1. The molecule has 0 radical (unpaired) electrons. The number of hydrogen-bond acceptors (Lipinski definition) is 8. The van der Waals surface area contributed by atoms with Gasteiger partial charge in [0.25, 0.3) is 5.69 Å². The van der Waals surface area contributed by atoms with E-state index in [0.717, 1.165) is 11.3 Å². The van der Waals surface area contributed by atoms with Crippen molar-refractivity contribution in [2.24, 2.45) is 10.2 Å². The van der Waals surface area contributed by atoms with E-state index in [4.69, 9.17) is 9.15 Å². The van der Waals surface area contributed by atoms with Gasteiger partial charge in [-0.05, 0) is 48.4 Å². The van der Waals surface area contributed by atoms with E-state index >= 15 is 0 Å². The number of benzene rings is 2. The van der Waals surface area contributed by atoms with E-state index in [1.165, 1.54) is 30.1 Å². The van der Waals surface area contributed by atoms with Gasteiger partial charge in [0.1, 0.15) is 17.3 Å². The third-order valence-electron chi connectivity index (χ3n) is 4.65. The molecule has 1 fully saturated rings. The maximum Gasteiger partial charge on any atom is 0.269 e. The van der Waals surface area contributed by atoms with Crippen molar-refractivity contribution in [3.8, 4) is 17.1 Å². The fraction of sp³-hybridized carbons (Fsp3) is 0.136. The van der Waals surface area contributed by atoms with Crippen molar-refractivity contribution in [3.63, 3.8) is 0 Å². The van der Waals surface area contributed by atoms with Crippen molar-refractivity contribution >= 4 is 34.7 Å².